The van der Waals surface area contributed by atoms with Crippen LogP contribution in [-0.4, -0.2) is 34.0 Å². The highest BCUT2D eigenvalue weighted by molar-refractivity contribution is 6.42. The molecule has 6 heteroatoms. The summed E-state index contributed by atoms with van der Waals surface area (Å²) in [4.78, 5) is 17.9. The van der Waals surface area contributed by atoms with Crippen molar-refractivity contribution in [1.29, 1.82) is 0 Å². The number of carboxylic acid groups (broad SMARTS) is 1. The molecule has 0 spiro atoms. The molecule has 4 nitrogen and oxygen atoms in total. The number of nitrogens with zero attached hydrogens (tertiary/aromatic N) is 2. The number of aromatic nitrogens is 1. The van der Waals surface area contributed by atoms with Crippen LogP contribution >= 0.6 is 23.2 Å². The number of carbonyl (C=O) groups is 1. The Labute approximate surface area is 157 Å². The van der Waals surface area contributed by atoms with Crippen molar-refractivity contribution in [3.8, 4) is 0 Å². The van der Waals surface area contributed by atoms with Crippen LogP contribution in [0.4, 0.5) is 0 Å². The Morgan fingerprint density at radius 1 is 1.32 bits per heavy atom. The van der Waals surface area contributed by atoms with Gasteiger partial charge in [0, 0.05) is 18.9 Å². The van der Waals surface area contributed by atoms with Gasteiger partial charge in [0.1, 0.15) is 0 Å². The zero-order chi connectivity index (χ0) is 18.0. The molecule has 0 bridgehead atoms. The summed E-state index contributed by atoms with van der Waals surface area (Å²) in [7, 11) is 0. The second-order valence-corrected chi connectivity index (χ2v) is 7.24. The number of likely N-dealkylation sites (tertiary alicyclic amines) is 1. The average molecular weight is 379 g/mol. The minimum atomic E-state index is -0.743. The number of pyridine rings is 1. The van der Waals surface area contributed by atoms with Crippen molar-refractivity contribution in [3.63, 3.8) is 0 Å². The quantitative estimate of drug-likeness (QED) is 0.845. The number of benzene rings is 1. The molecule has 2 heterocycles. The molecule has 1 fully saturated rings. The lowest BCUT2D eigenvalue weighted by atomic mass is 9.90. The van der Waals surface area contributed by atoms with E-state index < -0.39 is 5.97 Å². The summed E-state index contributed by atoms with van der Waals surface area (Å²) in [6, 6.07) is 7.44. The molecular formula is C19H20Cl2N2O2. The van der Waals surface area contributed by atoms with Gasteiger partial charge in [-0.3, -0.25) is 14.7 Å². The van der Waals surface area contributed by atoms with Crippen molar-refractivity contribution in [1.82, 2.24) is 9.88 Å². The maximum atomic E-state index is 11.5. The van der Waals surface area contributed by atoms with Crippen molar-refractivity contribution in [2.45, 2.75) is 25.8 Å². The summed E-state index contributed by atoms with van der Waals surface area (Å²) < 4.78 is 0. The fraction of sp³-hybridized carbons (Fsp3) is 0.368. The number of halogens is 2. The lowest BCUT2D eigenvalue weighted by Gasteiger charge is -2.38. The van der Waals surface area contributed by atoms with E-state index in [9.17, 15) is 9.90 Å². The van der Waals surface area contributed by atoms with Crippen LogP contribution in [0.15, 0.2) is 36.7 Å². The van der Waals surface area contributed by atoms with Crippen LogP contribution in [0.2, 0.25) is 10.0 Å². The second kappa shape index (κ2) is 7.73. The summed E-state index contributed by atoms with van der Waals surface area (Å²) in [5, 5.41) is 10.5. The number of carboxylic acids is 1. The highest BCUT2D eigenvalue weighted by Crippen LogP contribution is 2.39. The molecule has 0 amide bonds. The third-order valence-electron chi connectivity index (χ3n) is 4.80. The van der Waals surface area contributed by atoms with Crippen LogP contribution in [0.25, 0.3) is 0 Å². The maximum absolute atomic E-state index is 11.5. The van der Waals surface area contributed by atoms with Gasteiger partial charge in [0.05, 0.1) is 22.0 Å². The molecule has 3 rings (SSSR count). The van der Waals surface area contributed by atoms with Gasteiger partial charge in [-0.2, -0.15) is 0 Å². The normalized spacial score (nSPS) is 19.6. The molecule has 0 saturated carbocycles. The highest BCUT2D eigenvalue weighted by Gasteiger charge is 2.33. The first-order chi connectivity index (χ1) is 12.0. The van der Waals surface area contributed by atoms with E-state index in [0.717, 1.165) is 29.7 Å². The van der Waals surface area contributed by atoms with Crippen LogP contribution in [0.1, 0.15) is 35.6 Å². The number of aryl methyl sites for hydroxylation is 1. The first-order valence-corrected chi connectivity index (χ1v) is 9.06. The molecular weight excluding hydrogens is 359 g/mol. The average Bonchev–Trinajstić information content (AvgIpc) is 2.61. The van der Waals surface area contributed by atoms with Crippen LogP contribution in [0.3, 0.4) is 0 Å². The molecule has 1 N–H and O–H groups in total. The topological polar surface area (TPSA) is 53.4 Å². The summed E-state index contributed by atoms with van der Waals surface area (Å²) in [5.74, 6) is -1.11. The van der Waals surface area contributed by atoms with E-state index in [0.29, 0.717) is 23.0 Å². The first kappa shape index (κ1) is 18.2. The van der Waals surface area contributed by atoms with E-state index in [4.69, 9.17) is 23.2 Å². The van der Waals surface area contributed by atoms with E-state index in [1.165, 1.54) is 0 Å². The van der Waals surface area contributed by atoms with Gasteiger partial charge >= 0.3 is 5.97 Å². The van der Waals surface area contributed by atoms with Gasteiger partial charge in [0.2, 0.25) is 0 Å². The van der Waals surface area contributed by atoms with Gasteiger partial charge in [-0.1, -0.05) is 35.3 Å². The van der Waals surface area contributed by atoms with Crippen LogP contribution in [0.5, 0.6) is 0 Å². The molecule has 132 valence electrons. The standard InChI is InChI=1S/C19H20Cl2N2O2/c1-12-10-22-8-7-14(12)18(15-5-2-6-16(20)17(15)21)23-9-3-4-13(11-23)19(24)25/h2,5-8,10,13,18H,3-4,9,11H2,1H3,(H,24,25). The van der Waals surface area contributed by atoms with Crippen molar-refractivity contribution in [3.05, 3.63) is 63.4 Å². The number of aliphatic carboxylic acids is 1. The Bertz CT molecular complexity index is 782. The molecule has 1 aliphatic rings. The fourth-order valence-corrected chi connectivity index (χ4v) is 3.94. The molecule has 1 aliphatic heterocycles. The SMILES string of the molecule is Cc1cnccc1C(c1cccc(Cl)c1Cl)N1CCCC(C(=O)O)C1. The highest BCUT2D eigenvalue weighted by atomic mass is 35.5. The number of hydrogen-bond donors (Lipinski definition) is 1. The van der Waals surface area contributed by atoms with E-state index in [-0.39, 0.29) is 12.0 Å². The summed E-state index contributed by atoms with van der Waals surface area (Å²) in [5.41, 5.74) is 3.01. The molecule has 1 saturated heterocycles. The van der Waals surface area contributed by atoms with Crippen molar-refractivity contribution in [2.24, 2.45) is 5.92 Å². The van der Waals surface area contributed by atoms with E-state index in [1.807, 2.05) is 31.3 Å². The Hall–Kier alpha value is -1.62. The third kappa shape index (κ3) is 3.81. The van der Waals surface area contributed by atoms with Gasteiger partial charge in [0.15, 0.2) is 0 Å². The van der Waals surface area contributed by atoms with Gasteiger partial charge in [-0.25, -0.2) is 0 Å². The van der Waals surface area contributed by atoms with Gasteiger partial charge in [-0.05, 0) is 55.1 Å². The zero-order valence-electron chi connectivity index (χ0n) is 14.0. The Kier molecular flexibility index (Phi) is 5.62. The maximum Gasteiger partial charge on any atom is 0.307 e. The van der Waals surface area contributed by atoms with E-state index >= 15 is 0 Å². The van der Waals surface area contributed by atoms with E-state index in [1.54, 1.807) is 12.3 Å². The third-order valence-corrected chi connectivity index (χ3v) is 5.64. The molecule has 0 aliphatic carbocycles. The van der Waals surface area contributed by atoms with Gasteiger partial charge in [-0.15, -0.1) is 0 Å². The molecule has 0 radical (unpaired) electrons. The molecule has 2 unspecified atom stereocenters. The first-order valence-electron chi connectivity index (χ1n) is 8.30. The Morgan fingerprint density at radius 3 is 2.84 bits per heavy atom. The lowest BCUT2D eigenvalue weighted by Crippen LogP contribution is -2.41. The molecule has 1 aromatic heterocycles. The fourth-order valence-electron chi connectivity index (χ4n) is 3.53. The number of rotatable bonds is 4. The summed E-state index contributed by atoms with van der Waals surface area (Å²) in [6.45, 7) is 3.32. The molecule has 2 aromatic rings. The summed E-state index contributed by atoms with van der Waals surface area (Å²) in [6.07, 6.45) is 5.12. The minimum absolute atomic E-state index is 0.142. The molecule has 1 aromatic carbocycles. The number of hydrogen-bond acceptors (Lipinski definition) is 3. The Balaban J connectivity index is 2.08. The van der Waals surface area contributed by atoms with Gasteiger partial charge in [0.25, 0.3) is 0 Å². The van der Waals surface area contributed by atoms with Crippen LogP contribution in [-0.2, 0) is 4.79 Å². The predicted octanol–water partition coefficient (Wildman–Crippen LogP) is 4.58. The predicted molar refractivity (Wildman–Crippen MR) is 99.2 cm³/mol. The van der Waals surface area contributed by atoms with Gasteiger partial charge < -0.3 is 5.11 Å². The van der Waals surface area contributed by atoms with Crippen LogP contribution in [0, 0.1) is 12.8 Å². The Morgan fingerprint density at radius 2 is 2.12 bits per heavy atom. The minimum Gasteiger partial charge on any atom is -0.481 e. The molecule has 2 atom stereocenters. The lowest BCUT2D eigenvalue weighted by molar-refractivity contribution is -0.143. The van der Waals surface area contributed by atoms with Crippen molar-refractivity contribution in [2.75, 3.05) is 13.1 Å². The zero-order valence-corrected chi connectivity index (χ0v) is 15.5. The monoisotopic (exact) mass is 378 g/mol. The number of piperidine rings is 1. The van der Waals surface area contributed by atoms with E-state index in [2.05, 4.69) is 9.88 Å². The molecule has 25 heavy (non-hydrogen) atoms. The summed E-state index contributed by atoms with van der Waals surface area (Å²) >= 11 is 12.8. The van der Waals surface area contributed by atoms with Crippen molar-refractivity contribution >= 4 is 29.2 Å². The van der Waals surface area contributed by atoms with Crippen molar-refractivity contribution < 1.29 is 9.90 Å². The smallest absolute Gasteiger partial charge is 0.307 e. The van der Waals surface area contributed by atoms with Crippen LogP contribution < -0.4 is 0 Å². The largest absolute Gasteiger partial charge is 0.481 e. The second-order valence-electron chi connectivity index (χ2n) is 6.45.